The van der Waals surface area contributed by atoms with Gasteiger partial charge in [0.1, 0.15) is 12.4 Å². The first-order valence-electron chi connectivity index (χ1n) is 8.42. The Bertz CT molecular complexity index is 946. The van der Waals surface area contributed by atoms with E-state index in [9.17, 15) is 27.6 Å². The van der Waals surface area contributed by atoms with Crippen molar-refractivity contribution in [2.24, 2.45) is 0 Å². The summed E-state index contributed by atoms with van der Waals surface area (Å²) in [4.78, 5) is 36.7. The van der Waals surface area contributed by atoms with Gasteiger partial charge in [-0.3, -0.25) is 4.79 Å². The number of alkyl halides is 2. The van der Waals surface area contributed by atoms with Crippen molar-refractivity contribution in [1.82, 2.24) is 9.78 Å². The van der Waals surface area contributed by atoms with Gasteiger partial charge in [-0.05, 0) is 32.0 Å². The Hall–Kier alpha value is -2.88. The lowest BCUT2D eigenvalue weighted by molar-refractivity contribution is 0.0500. The summed E-state index contributed by atoms with van der Waals surface area (Å²) >= 11 is 5.57. The number of ether oxygens (including phenoxy) is 2. The Morgan fingerprint density at radius 2 is 1.76 bits per heavy atom. The van der Waals surface area contributed by atoms with Gasteiger partial charge in [0.05, 0.1) is 23.8 Å². The molecule has 2 rings (SSSR count). The molecule has 1 aromatic heterocycles. The minimum absolute atomic E-state index is 0.119. The predicted molar refractivity (Wildman–Crippen MR) is 94.8 cm³/mol. The van der Waals surface area contributed by atoms with Crippen molar-refractivity contribution < 1.29 is 37.0 Å². The molecular formula is C18H16ClF3N2O5. The summed E-state index contributed by atoms with van der Waals surface area (Å²) in [5.41, 5.74) is -2.70. The van der Waals surface area contributed by atoms with Crippen LogP contribution < -0.4 is 0 Å². The van der Waals surface area contributed by atoms with Crippen molar-refractivity contribution in [3.05, 3.63) is 51.6 Å². The molecule has 0 atom stereocenters. The highest BCUT2D eigenvalue weighted by Gasteiger charge is 2.34. The number of esters is 2. The van der Waals surface area contributed by atoms with Crippen LogP contribution in [0.1, 0.15) is 57.2 Å². The van der Waals surface area contributed by atoms with E-state index in [-0.39, 0.29) is 23.8 Å². The van der Waals surface area contributed by atoms with E-state index in [2.05, 4.69) is 5.10 Å². The molecule has 0 amide bonds. The lowest BCUT2D eigenvalue weighted by Crippen LogP contribution is -2.19. The number of carbonyl (C=O) groups excluding carboxylic acids is 3. The largest absolute Gasteiger partial charge is 0.461 e. The summed E-state index contributed by atoms with van der Waals surface area (Å²) < 4.78 is 51.0. The molecule has 0 fully saturated rings. The van der Waals surface area contributed by atoms with Gasteiger partial charge >= 0.3 is 11.9 Å². The van der Waals surface area contributed by atoms with E-state index < -0.39 is 53.5 Å². The van der Waals surface area contributed by atoms with Crippen molar-refractivity contribution in [1.29, 1.82) is 0 Å². The number of nitrogens with zero attached hydrogens (tertiary/aromatic N) is 2. The van der Waals surface area contributed by atoms with Gasteiger partial charge < -0.3 is 9.47 Å². The third-order valence-electron chi connectivity index (χ3n) is 3.68. The van der Waals surface area contributed by atoms with Crippen LogP contribution in [0, 0.1) is 5.82 Å². The van der Waals surface area contributed by atoms with Gasteiger partial charge in [0.15, 0.2) is 17.2 Å². The smallest absolute Gasteiger partial charge is 0.359 e. The summed E-state index contributed by atoms with van der Waals surface area (Å²) in [5.74, 6) is -3.99. The molecule has 29 heavy (non-hydrogen) atoms. The molecule has 0 spiro atoms. The van der Waals surface area contributed by atoms with Gasteiger partial charge in [0.25, 0.3) is 6.43 Å². The maximum Gasteiger partial charge on any atom is 0.359 e. The molecule has 11 heteroatoms. The van der Waals surface area contributed by atoms with Crippen LogP contribution >= 0.6 is 11.6 Å². The highest BCUT2D eigenvalue weighted by molar-refractivity contribution is 6.30. The van der Waals surface area contributed by atoms with Crippen molar-refractivity contribution >= 4 is 29.3 Å². The number of rotatable bonds is 8. The van der Waals surface area contributed by atoms with E-state index in [0.717, 1.165) is 12.1 Å². The monoisotopic (exact) mass is 432 g/mol. The molecule has 0 aliphatic rings. The fourth-order valence-electron chi connectivity index (χ4n) is 2.46. The average Bonchev–Trinajstić information content (AvgIpc) is 3.04. The normalized spacial score (nSPS) is 10.9. The zero-order valence-corrected chi connectivity index (χ0v) is 16.1. The van der Waals surface area contributed by atoms with Crippen molar-refractivity contribution in [2.75, 3.05) is 13.2 Å². The SMILES string of the molecule is CCOC(=O)c1nn(CC(=O)c2ccc(Cl)c(F)c2)c(C(=O)OCC)c1C(F)F. The summed E-state index contributed by atoms with van der Waals surface area (Å²) in [6.07, 6.45) is -3.27. The molecule has 0 radical (unpaired) electrons. The fraction of sp³-hybridized carbons (Fsp3) is 0.333. The summed E-state index contributed by atoms with van der Waals surface area (Å²) in [6.45, 7) is 1.93. The van der Waals surface area contributed by atoms with Crippen molar-refractivity contribution in [3.63, 3.8) is 0 Å². The third kappa shape index (κ3) is 4.94. The number of ketones is 1. The lowest BCUT2D eigenvalue weighted by atomic mass is 10.1. The molecule has 0 unspecified atom stereocenters. The van der Waals surface area contributed by atoms with E-state index in [0.29, 0.717) is 4.68 Å². The van der Waals surface area contributed by atoms with Gasteiger partial charge in [-0.2, -0.15) is 5.10 Å². The minimum Gasteiger partial charge on any atom is -0.461 e. The Labute approximate surface area is 168 Å². The van der Waals surface area contributed by atoms with Crippen LogP contribution in [-0.4, -0.2) is 40.7 Å². The van der Waals surface area contributed by atoms with E-state index in [1.165, 1.54) is 19.9 Å². The summed E-state index contributed by atoms with van der Waals surface area (Å²) in [7, 11) is 0. The van der Waals surface area contributed by atoms with E-state index >= 15 is 0 Å². The number of Topliss-reactive ketones (excluding diaryl/α,β-unsaturated/α-hetero) is 1. The second-order valence-corrected chi connectivity index (χ2v) is 5.97. The fourth-order valence-corrected chi connectivity index (χ4v) is 2.58. The standard InChI is InChI=1S/C18H16ClF3N2O5/c1-3-28-17(26)14-13(16(21)22)15(18(27)29-4-2)24(23-14)8-12(25)9-5-6-10(19)11(20)7-9/h5-7,16H,3-4,8H2,1-2H3. The molecule has 1 heterocycles. The van der Waals surface area contributed by atoms with Crippen LogP contribution in [0.4, 0.5) is 13.2 Å². The molecule has 0 saturated carbocycles. The molecule has 0 aliphatic heterocycles. The van der Waals surface area contributed by atoms with Gasteiger partial charge in [0.2, 0.25) is 0 Å². The molecule has 1 aromatic carbocycles. The van der Waals surface area contributed by atoms with Gasteiger partial charge in [-0.25, -0.2) is 27.4 Å². The number of carbonyl (C=O) groups is 3. The van der Waals surface area contributed by atoms with Crippen LogP contribution in [0.3, 0.4) is 0 Å². The first-order valence-corrected chi connectivity index (χ1v) is 8.80. The molecule has 2 aromatic rings. The van der Waals surface area contributed by atoms with Crippen molar-refractivity contribution in [3.8, 4) is 0 Å². The number of hydrogen-bond donors (Lipinski definition) is 0. The van der Waals surface area contributed by atoms with E-state index in [1.807, 2.05) is 0 Å². The Kier molecular flexibility index (Phi) is 7.38. The zero-order valence-electron chi connectivity index (χ0n) is 15.4. The highest BCUT2D eigenvalue weighted by Crippen LogP contribution is 2.28. The molecule has 7 nitrogen and oxygen atoms in total. The second kappa shape index (κ2) is 9.55. The molecule has 156 valence electrons. The quantitative estimate of drug-likeness (QED) is 0.465. The first kappa shape index (κ1) is 22.4. The Morgan fingerprint density at radius 3 is 2.31 bits per heavy atom. The summed E-state index contributed by atoms with van der Waals surface area (Å²) in [5, 5.41) is 3.47. The highest BCUT2D eigenvalue weighted by atomic mass is 35.5. The number of aromatic nitrogens is 2. The van der Waals surface area contributed by atoms with E-state index in [4.69, 9.17) is 21.1 Å². The van der Waals surface area contributed by atoms with Gasteiger partial charge in [-0.15, -0.1) is 0 Å². The van der Waals surface area contributed by atoms with Gasteiger partial charge in [-0.1, -0.05) is 11.6 Å². The summed E-state index contributed by atoms with van der Waals surface area (Å²) in [6, 6.07) is 3.23. The van der Waals surface area contributed by atoms with E-state index in [1.54, 1.807) is 0 Å². The molecule has 0 N–H and O–H groups in total. The molecule has 0 saturated heterocycles. The maximum absolute atomic E-state index is 13.6. The van der Waals surface area contributed by atoms with Crippen LogP contribution in [0.5, 0.6) is 0 Å². The number of halogens is 4. The van der Waals surface area contributed by atoms with Crippen LogP contribution in [0.15, 0.2) is 18.2 Å². The Morgan fingerprint density at radius 1 is 1.14 bits per heavy atom. The first-order chi connectivity index (χ1) is 13.7. The van der Waals surface area contributed by atoms with Crippen LogP contribution in [-0.2, 0) is 16.0 Å². The number of hydrogen-bond acceptors (Lipinski definition) is 6. The second-order valence-electron chi connectivity index (χ2n) is 5.56. The molecule has 0 aliphatic carbocycles. The predicted octanol–water partition coefficient (Wildman–Crippen LogP) is 3.85. The zero-order chi connectivity index (χ0) is 21.7. The third-order valence-corrected chi connectivity index (χ3v) is 3.99. The maximum atomic E-state index is 13.6. The lowest BCUT2D eigenvalue weighted by Gasteiger charge is -2.08. The molecule has 0 bridgehead atoms. The van der Waals surface area contributed by atoms with Crippen LogP contribution in [0.25, 0.3) is 0 Å². The topological polar surface area (TPSA) is 87.5 Å². The minimum atomic E-state index is -3.27. The Balaban J connectivity index is 2.54. The van der Waals surface area contributed by atoms with Crippen LogP contribution in [0.2, 0.25) is 5.02 Å². The van der Waals surface area contributed by atoms with Crippen molar-refractivity contribution in [2.45, 2.75) is 26.8 Å². The molecular weight excluding hydrogens is 417 g/mol. The number of benzene rings is 1. The average molecular weight is 433 g/mol. The van der Waals surface area contributed by atoms with Gasteiger partial charge in [0, 0.05) is 5.56 Å².